The third-order valence-corrected chi connectivity index (χ3v) is 4.34. The van der Waals surface area contributed by atoms with Gasteiger partial charge in [0.15, 0.2) is 5.65 Å². The predicted octanol–water partition coefficient (Wildman–Crippen LogP) is 2.79. The second-order valence-electron chi connectivity index (χ2n) is 3.93. The van der Waals surface area contributed by atoms with Gasteiger partial charge in [0.25, 0.3) is 0 Å². The summed E-state index contributed by atoms with van der Waals surface area (Å²) in [6.07, 6.45) is 5.65. The third kappa shape index (κ3) is 3.13. The summed E-state index contributed by atoms with van der Waals surface area (Å²) in [6, 6.07) is 0. The predicted molar refractivity (Wildman–Crippen MR) is 74.7 cm³/mol. The zero-order chi connectivity index (χ0) is 12.1. The first-order valence-corrected chi connectivity index (χ1v) is 7.34. The minimum Gasteiger partial charge on any atom is -0.341 e. The van der Waals surface area contributed by atoms with E-state index < -0.39 is 0 Å². The van der Waals surface area contributed by atoms with Gasteiger partial charge in [-0.15, -0.1) is 11.8 Å². The molecule has 0 aliphatic carbocycles. The summed E-state index contributed by atoms with van der Waals surface area (Å²) in [6.45, 7) is 2.21. The van der Waals surface area contributed by atoms with Crippen LogP contribution in [0.2, 0.25) is 0 Å². The van der Waals surface area contributed by atoms with E-state index in [0.717, 1.165) is 27.7 Å². The van der Waals surface area contributed by atoms with Gasteiger partial charge in [-0.25, -0.2) is 15.0 Å². The highest BCUT2D eigenvalue weighted by molar-refractivity contribution is 7.99. The number of thioether (sulfide) groups is 1. The molecule has 0 fully saturated rings. The summed E-state index contributed by atoms with van der Waals surface area (Å²) in [4.78, 5) is 15.6. The molecule has 0 radical (unpaired) electrons. The quantitative estimate of drug-likeness (QED) is 0.480. The van der Waals surface area contributed by atoms with Gasteiger partial charge < -0.3 is 4.98 Å². The second kappa shape index (κ2) is 6.26. The molecule has 0 spiro atoms. The summed E-state index contributed by atoms with van der Waals surface area (Å²) in [5.41, 5.74) is 1.67. The summed E-state index contributed by atoms with van der Waals surface area (Å²) >= 11 is 6.15. The lowest BCUT2D eigenvalue weighted by atomic mass is 10.1. The Kier molecular flexibility index (Phi) is 4.67. The average Bonchev–Trinajstić information content (AvgIpc) is 2.83. The molecule has 4 nitrogen and oxygen atoms in total. The summed E-state index contributed by atoms with van der Waals surface area (Å²) < 4.78 is 0. The van der Waals surface area contributed by atoms with E-state index >= 15 is 0 Å². The van der Waals surface area contributed by atoms with Crippen molar-refractivity contribution in [2.75, 3.05) is 11.5 Å². The fourth-order valence-electron chi connectivity index (χ4n) is 1.68. The van der Waals surface area contributed by atoms with E-state index in [1.54, 1.807) is 24.4 Å². The van der Waals surface area contributed by atoms with Crippen LogP contribution in [0.4, 0.5) is 0 Å². The maximum atomic E-state index is 4.39. The highest BCUT2D eigenvalue weighted by atomic mass is 32.2. The van der Waals surface area contributed by atoms with E-state index in [4.69, 9.17) is 0 Å². The molecule has 0 bridgehead atoms. The van der Waals surface area contributed by atoms with Gasteiger partial charge in [-0.3, -0.25) is 0 Å². The molecule has 17 heavy (non-hydrogen) atoms. The number of hydrogen-bond donors (Lipinski definition) is 2. The van der Waals surface area contributed by atoms with Gasteiger partial charge in [-0.1, -0.05) is 13.3 Å². The molecular formula is C11H16N4S2. The summed E-state index contributed by atoms with van der Waals surface area (Å²) in [7, 11) is 0. The average molecular weight is 268 g/mol. The summed E-state index contributed by atoms with van der Waals surface area (Å²) in [5, 5.41) is 0.982. The molecular weight excluding hydrogens is 252 g/mol. The number of imidazole rings is 1. The van der Waals surface area contributed by atoms with Crippen LogP contribution in [0.15, 0.2) is 17.7 Å². The van der Waals surface area contributed by atoms with Crippen molar-refractivity contribution in [1.82, 2.24) is 19.9 Å². The molecule has 0 aromatic carbocycles. The van der Waals surface area contributed by atoms with Gasteiger partial charge in [-0.05, 0) is 18.1 Å². The lowest BCUT2D eigenvalue weighted by Gasteiger charge is -2.11. The largest absolute Gasteiger partial charge is 0.341 e. The Bertz CT molecular complexity index is 471. The molecule has 1 atom stereocenters. The van der Waals surface area contributed by atoms with E-state index in [1.807, 2.05) is 0 Å². The number of rotatable bonds is 6. The Morgan fingerprint density at radius 2 is 2.29 bits per heavy atom. The molecule has 92 valence electrons. The lowest BCUT2D eigenvalue weighted by molar-refractivity contribution is 0.595. The summed E-state index contributed by atoms with van der Waals surface area (Å²) in [5.74, 6) is 2.61. The molecule has 2 rings (SSSR count). The van der Waals surface area contributed by atoms with Crippen molar-refractivity contribution >= 4 is 35.6 Å². The molecule has 0 aliphatic rings. The Labute approximate surface area is 110 Å². The van der Waals surface area contributed by atoms with Crippen molar-refractivity contribution in [2.24, 2.45) is 5.92 Å². The zero-order valence-electron chi connectivity index (χ0n) is 9.76. The van der Waals surface area contributed by atoms with Crippen molar-refractivity contribution in [3.8, 4) is 0 Å². The normalized spacial score (nSPS) is 13.1. The first-order chi connectivity index (χ1) is 8.35. The highest BCUT2D eigenvalue weighted by Gasteiger charge is 2.10. The highest BCUT2D eigenvalue weighted by Crippen LogP contribution is 2.25. The number of hydrogen-bond acceptors (Lipinski definition) is 5. The van der Waals surface area contributed by atoms with Gasteiger partial charge in [0, 0.05) is 5.75 Å². The fourth-order valence-corrected chi connectivity index (χ4v) is 3.27. The van der Waals surface area contributed by atoms with E-state index in [1.165, 1.54) is 12.8 Å². The minimum atomic E-state index is 0.640. The Hall–Kier alpha value is -0.750. The van der Waals surface area contributed by atoms with E-state index in [0.29, 0.717) is 5.92 Å². The number of fused-ring (bicyclic) bond motifs is 1. The number of nitrogens with zero attached hydrogens (tertiary/aromatic N) is 3. The Balaban J connectivity index is 2.05. The van der Waals surface area contributed by atoms with Gasteiger partial charge in [0.2, 0.25) is 0 Å². The van der Waals surface area contributed by atoms with Gasteiger partial charge >= 0.3 is 0 Å². The molecule has 0 saturated carbocycles. The first-order valence-electron chi connectivity index (χ1n) is 5.72. The first kappa shape index (κ1) is 12.7. The minimum absolute atomic E-state index is 0.640. The third-order valence-electron chi connectivity index (χ3n) is 2.60. The van der Waals surface area contributed by atoms with Crippen LogP contribution in [0.1, 0.15) is 19.8 Å². The number of aromatic nitrogens is 4. The molecule has 0 aliphatic heterocycles. The monoisotopic (exact) mass is 268 g/mol. The van der Waals surface area contributed by atoms with Crippen LogP contribution in [0.5, 0.6) is 0 Å². The lowest BCUT2D eigenvalue weighted by Crippen LogP contribution is -2.05. The fraction of sp³-hybridized carbons (Fsp3) is 0.545. The number of nitrogens with one attached hydrogen (secondary N) is 1. The van der Waals surface area contributed by atoms with Crippen molar-refractivity contribution in [1.29, 1.82) is 0 Å². The van der Waals surface area contributed by atoms with Crippen LogP contribution in [-0.4, -0.2) is 31.4 Å². The van der Waals surface area contributed by atoms with E-state index in [-0.39, 0.29) is 0 Å². The number of aromatic amines is 1. The second-order valence-corrected chi connectivity index (χ2v) is 5.30. The topological polar surface area (TPSA) is 54.5 Å². The smallest absolute Gasteiger partial charge is 0.181 e. The van der Waals surface area contributed by atoms with Crippen molar-refractivity contribution in [3.05, 3.63) is 12.7 Å². The zero-order valence-corrected chi connectivity index (χ0v) is 11.5. The van der Waals surface area contributed by atoms with E-state index in [2.05, 4.69) is 39.5 Å². The standard InChI is InChI=1S/C11H16N4S2/c1-2-3-8(4-16)5-17-11-9-10(13-6-12-9)14-7-15-11/h6-8,16H,2-5H2,1H3,(H,12,13,14,15). The number of H-pyrrole nitrogens is 1. The molecule has 0 amide bonds. The van der Waals surface area contributed by atoms with Gasteiger partial charge in [0.05, 0.1) is 6.33 Å². The molecule has 1 N–H and O–H groups in total. The van der Waals surface area contributed by atoms with Crippen LogP contribution in [0, 0.1) is 5.92 Å². The molecule has 2 aromatic heterocycles. The van der Waals surface area contributed by atoms with E-state index in [9.17, 15) is 0 Å². The molecule has 1 unspecified atom stereocenters. The van der Waals surface area contributed by atoms with Crippen LogP contribution in [-0.2, 0) is 0 Å². The van der Waals surface area contributed by atoms with Crippen molar-refractivity contribution in [2.45, 2.75) is 24.8 Å². The SMILES string of the molecule is CCCC(CS)CSc1ncnc2nc[nH]c12. The number of thiol groups is 1. The van der Waals surface area contributed by atoms with Crippen molar-refractivity contribution < 1.29 is 0 Å². The maximum absolute atomic E-state index is 4.39. The van der Waals surface area contributed by atoms with Crippen LogP contribution < -0.4 is 0 Å². The Morgan fingerprint density at radius 1 is 1.41 bits per heavy atom. The molecule has 6 heteroatoms. The van der Waals surface area contributed by atoms with Crippen LogP contribution in [0.3, 0.4) is 0 Å². The maximum Gasteiger partial charge on any atom is 0.181 e. The molecule has 2 aromatic rings. The molecule has 2 heterocycles. The van der Waals surface area contributed by atoms with Gasteiger partial charge in [0.1, 0.15) is 16.9 Å². The molecule has 0 saturated heterocycles. The van der Waals surface area contributed by atoms with Crippen LogP contribution >= 0.6 is 24.4 Å². The Morgan fingerprint density at radius 3 is 3.06 bits per heavy atom. The van der Waals surface area contributed by atoms with Crippen molar-refractivity contribution in [3.63, 3.8) is 0 Å². The van der Waals surface area contributed by atoms with Crippen LogP contribution in [0.25, 0.3) is 11.2 Å². The van der Waals surface area contributed by atoms with Gasteiger partial charge in [-0.2, -0.15) is 12.6 Å².